The van der Waals surface area contributed by atoms with Crippen molar-refractivity contribution in [1.82, 2.24) is 0 Å². The number of primary amides is 1. The lowest BCUT2D eigenvalue weighted by molar-refractivity contribution is -0.119. The van der Waals surface area contributed by atoms with E-state index in [0.717, 1.165) is 41.7 Å². The van der Waals surface area contributed by atoms with Crippen LogP contribution in [0.1, 0.15) is 49.6 Å². The Hall–Kier alpha value is -2.87. The Morgan fingerprint density at radius 3 is 2.70 bits per heavy atom. The number of aromatic hydroxyl groups is 1. The van der Waals surface area contributed by atoms with E-state index in [-0.39, 0.29) is 11.3 Å². The van der Waals surface area contributed by atoms with Crippen molar-refractivity contribution in [3.05, 3.63) is 45.3 Å². The van der Waals surface area contributed by atoms with E-state index in [1.165, 1.54) is 23.5 Å². The Bertz CT molecular complexity index is 919. The van der Waals surface area contributed by atoms with Gasteiger partial charge in [-0.15, -0.1) is 11.3 Å². The van der Waals surface area contributed by atoms with Crippen molar-refractivity contribution >= 4 is 34.1 Å². The molecule has 0 aliphatic heterocycles. The van der Waals surface area contributed by atoms with Gasteiger partial charge in [0.05, 0.1) is 5.56 Å². The molecule has 1 aromatic heterocycles. The van der Waals surface area contributed by atoms with Crippen molar-refractivity contribution in [1.29, 1.82) is 0 Å². The van der Waals surface area contributed by atoms with Gasteiger partial charge in [-0.05, 0) is 55.9 Å². The van der Waals surface area contributed by atoms with Crippen LogP contribution in [-0.2, 0) is 22.4 Å². The molecular weight excluding hydrogens is 368 g/mol. The second-order valence-electron chi connectivity index (χ2n) is 6.42. The second-order valence-corrected chi connectivity index (χ2v) is 7.53. The van der Waals surface area contributed by atoms with Gasteiger partial charge in [0.15, 0.2) is 6.61 Å². The summed E-state index contributed by atoms with van der Waals surface area (Å²) in [5.74, 6) is -2.16. The first-order valence-corrected chi connectivity index (χ1v) is 9.39. The number of amides is 2. The van der Waals surface area contributed by atoms with Crippen LogP contribution in [0, 0.1) is 6.92 Å². The van der Waals surface area contributed by atoms with Crippen LogP contribution in [0.15, 0.2) is 18.2 Å². The molecule has 0 unspecified atom stereocenters. The molecule has 4 N–H and O–H groups in total. The van der Waals surface area contributed by atoms with Gasteiger partial charge in [0.25, 0.3) is 11.8 Å². The number of aryl methyl sites for hydroxylation is 2. The summed E-state index contributed by atoms with van der Waals surface area (Å²) in [7, 11) is 0. The summed E-state index contributed by atoms with van der Waals surface area (Å²) >= 11 is 1.34. The van der Waals surface area contributed by atoms with Crippen molar-refractivity contribution in [3.63, 3.8) is 0 Å². The Balaban J connectivity index is 1.67. The highest BCUT2D eigenvalue weighted by Gasteiger charge is 2.25. The highest BCUT2D eigenvalue weighted by atomic mass is 32.1. The maximum Gasteiger partial charge on any atom is 0.342 e. The number of hydrogen-bond donors (Lipinski definition) is 3. The zero-order valence-corrected chi connectivity index (χ0v) is 15.6. The Morgan fingerprint density at radius 1 is 1.26 bits per heavy atom. The molecule has 1 aromatic carbocycles. The number of nitrogens with one attached hydrogen (secondary N) is 1. The molecule has 1 aliphatic carbocycles. The highest BCUT2D eigenvalue weighted by Crippen LogP contribution is 2.37. The van der Waals surface area contributed by atoms with E-state index < -0.39 is 24.4 Å². The third-order valence-electron chi connectivity index (χ3n) is 4.38. The van der Waals surface area contributed by atoms with Crippen LogP contribution in [0.3, 0.4) is 0 Å². The number of nitrogens with two attached hydrogens (primary N) is 1. The molecule has 27 heavy (non-hydrogen) atoms. The standard InChI is InChI=1S/C19H20N2O5S/c1-10-6-7-11(13(22)8-10)19(25)26-9-15(23)21-18-16(17(20)24)12-4-2-3-5-14(12)27-18/h6-8,22H,2-5,9H2,1H3,(H2,20,24)(H,21,23). The topological polar surface area (TPSA) is 119 Å². The van der Waals surface area contributed by atoms with Gasteiger partial charge in [-0.25, -0.2) is 4.79 Å². The molecule has 2 aromatic rings. The molecule has 0 spiro atoms. The summed E-state index contributed by atoms with van der Waals surface area (Å²) in [6, 6.07) is 4.53. The number of thiophene rings is 1. The largest absolute Gasteiger partial charge is 0.507 e. The summed E-state index contributed by atoms with van der Waals surface area (Å²) < 4.78 is 4.96. The number of phenols is 1. The van der Waals surface area contributed by atoms with E-state index in [4.69, 9.17) is 10.5 Å². The molecule has 0 saturated heterocycles. The summed E-state index contributed by atoms with van der Waals surface area (Å²) in [5.41, 5.74) is 7.53. The molecule has 142 valence electrons. The van der Waals surface area contributed by atoms with Crippen LogP contribution in [0.25, 0.3) is 0 Å². The smallest absolute Gasteiger partial charge is 0.342 e. The van der Waals surface area contributed by atoms with Crippen LogP contribution in [-0.4, -0.2) is 29.5 Å². The number of hydrogen-bond acceptors (Lipinski definition) is 6. The van der Waals surface area contributed by atoms with Gasteiger partial charge in [-0.3, -0.25) is 9.59 Å². The number of carbonyl (C=O) groups excluding carboxylic acids is 3. The first-order chi connectivity index (χ1) is 12.9. The molecule has 1 heterocycles. The number of anilines is 1. The van der Waals surface area contributed by atoms with Crippen molar-refractivity contribution in [2.75, 3.05) is 11.9 Å². The second kappa shape index (κ2) is 7.79. The van der Waals surface area contributed by atoms with Gasteiger partial charge in [0.1, 0.15) is 16.3 Å². The summed E-state index contributed by atoms with van der Waals surface area (Å²) in [6.45, 7) is 1.24. The molecule has 1 aliphatic rings. The molecule has 7 nitrogen and oxygen atoms in total. The maximum absolute atomic E-state index is 12.2. The van der Waals surface area contributed by atoms with Crippen molar-refractivity contribution in [2.24, 2.45) is 5.73 Å². The SMILES string of the molecule is Cc1ccc(C(=O)OCC(=O)Nc2sc3c(c2C(N)=O)CCCC3)c(O)c1. The number of ether oxygens (including phenoxy) is 1. The van der Waals surface area contributed by atoms with Crippen LogP contribution < -0.4 is 11.1 Å². The Kier molecular flexibility index (Phi) is 5.46. The number of benzene rings is 1. The normalized spacial score (nSPS) is 12.9. The fourth-order valence-corrected chi connectivity index (χ4v) is 4.41. The molecule has 3 rings (SSSR count). The zero-order chi connectivity index (χ0) is 19.6. The van der Waals surface area contributed by atoms with E-state index in [1.54, 1.807) is 13.0 Å². The molecule has 0 radical (unpaired) electrons. The van der Waals surface area contributed by atoms with Gasteiger partial charge < -0.3 is 20.9 Å². The predicted octanol–water partition coefficient (Wildman–Crippen LogP) is 2.54. The molecule has 0 atom stereocenters. The summed E-state index contributed by atoms with van der Waals surface area (Å²) in [5, 5.41) is 12.8. The lowest BCUT2D eigenvalue weighted by Crippen LogP contribution is -2.23. The monoisotopic (exact) mass is 388 g/mol. The highest BCUT2D eigenvalue weighted by molar-refractivity contribution is 7.17. The lowest BCUT2D eigenvalue weighted by atomic mass is 9.95. The minimum atomic E-state index is -0.803. The Morgan fingerprint density at radius 2 is 2.00 bits per heavy atom. The lowest BCUT2D eigenvalue weighted by Gasteiger charge is -2.11. The van der Waals surface area contributed by atoms with E-state index in [9.17, 15) is 19.5 Å². The van der Waals surface area contributed by atoms with Gasteiger partial charge >= 0.3 is 5.97 Å². The van der Waals surface area contributed by atoms with Crippen molar-refractivity contribution < 1.29 is 24.2 Å². The quantitative estimate of drug-likeness (QED) is 0.680. The Labute approximate surface area is 160 Å². The maximum atomic E-state index is 12.2. The molecule has 2 amide bonds. The molecule has 8 heteroatoms. The molecule has 0 fully saturated rings. The predicted molar refractivity (Wildman–Crippen MR) is 101 cm³/mol. The van der Waals surface area contributed by atoms with E-state index in [2.05, 4.69) is 5.32 Å². The van der Waals surface area contributed by atoms with Gasteiger partial charge in [0, 0.05) is 4.88 Å². The third-order valence-corrected chi connectivity index (χ3v) is 5.59. The average Bonchev–Trinajstić information content (AvgIpc) is 2.97. The number of esters is 1. The minimum absolute atomic E-state index is 0.0159. The van der Waals surface area contributed by atoms with Crippen molar-refractivity contribution in [3.8, 4) is 5.75 Å². The van der Waals surface area contributed by atoms with Crippen molar-refractivity contribution in [2.45, 2.75) is 32.6 Å². The van der Waals surface area contributed by atoms with Crippen LogP contribution in [0.2, 0.25) is 0 Å². The molecule has 0 bridgehead atoms. The number of carbonyl (C=O) groups is 3. The third kappa shape index (κ3) is 4.11. The van der Waals surface area contributed by atoms with E-state index in [1.807, 2.05) is 0 Å². The average molecular weight is 388 g/mol. The van der Waals surface area contributed by atoms with Gasteiger partial charge in [-0.1, -0.05) is 6.07 Å². The molecular formula is C19H20N2O5S. The van der Waals surface area contributed by atoms with E-state index in [0.29, 0.717) is 10.6 Å². The fourth-order valence-electron chi connectivity index (χ4n) is 3.10. The van der Waals surface area contributed by atoms with Crippen LogP contribution in [0.5, 0.6) is 5.75 Å². The van der Waals surface area contributed by atoms with Crippen LogP contribution in [0.4, 0.5) is 5.00 Å². The first-order valence-electron chi connectivity index (χ1n) is 8.57. The van der Waals surface area contributed by atoms with Crippen LogP contribution >= 0.6 is 11.3 Å². The summed E-state index contributed by atoms with van der Waals surface area (Å²) in [6.07, 6.45) is 3.64. The minimum Gasteiger partial charge on any atom is -0.507 e. The number of phenolic OH excluding ortho intramolecular Hbond substituents is 1. The number of fused-ring (bicyclic) bond motifs is 1. The summed E-state index contributed by atoms with van der Waals surface area (Å²) in [4.78, 5) is 37.1. The van der Waals surface area contributed by atoms with Gasteiger partial charge in [0.2, 0.25) is 0 Å². The van der Waals surface area contributed by atoms with E-state index >= 15 is 0 Å². The number of rotatable bonds is 5. The zero-order valence-electron chi connectivity index (χ0n) is 14.8. The first kappa shape index (κ1) is 18.9. The van der Waals surface area contributed by atoms with Gasteiger partial charge in [-0.2, -0.15) is 0 Å². The fraction of sp³-hybridized carbons (Fsp3) is 0.316. The molecule has 0 saturated carbocycles.